The van der Waals surface area contributed by atoms with E-state index in [1.165, 1.54) is 5.56 Å². The van der Waals surface area contributed by atoms with Crippen LogP contribution in [0.3, 0.4) is 0 Å². The first-order valence-electron chi connectivity index (χ1n) is 8.07. The molecule has 120 valence electrons. The van der Waals surface area contributed by atoms with Gasteiger partial charge in [0.25, 0.3) is 0 Å². The summed E-state index contributed by atoms with van der Waals surface area (Å²) in [6.45, 7) is 0.639. The van der Waals surface area contributed by atoms with Gasteiger partial charge in [-0.25, -0.2) is 0 Å². The topological polar surface area (TPSA) is 51.2 Å². The molecule has 0 bridgehead atoms. The van der Waals surface area contributed by atoms with Crippen LogP contribution in [0.1, 0.15) is 30.5 Å². The van der Waals surface area contributed by atoms with Crippen LogP contribution in [0.4, 0.5) is 0 Å². The van der Waals surface area contributed by atoms with E-state index in [1.807, 2.05) is 42.5 Å². The SMILES string of the molecule is COc1ccc(CCNC(=O)C2(c3ccccn3)CCC2)cc1. The second kappa shape index (κ2) is 6.82. The number of aromatic nitrogens is 1. The summed E-state index contributed by atoms with van der Waals surface area (Å²) in [4.78, 5) is 17.1. The third-order valence-corrected chi connectivity index (χ3v) is 4.66. The highest BCUT2D eigenvalue weighted by Crippen LogP contribution is 2.42. The van der Waals surface area contributed by atoms with Crippen molar-refractivity contribution in [3.63, 3.8) is 0 Å². The molecule has 1 amide bonds. The smallest absolute Gasteiger partial charge is 0.232 e. The van der Waals surface area contributed by atoms with E-state index in [4.69, 9.17) is 4.74 Å². The zero-order valence-electron chi connectivity index (χ0n) is 13.4. The number of pyridine rings is 1. The zero-order valence-corrected chi connectivity index (χ0v) is 13.4. The number of amides is 1. The fraction of sp³-hybridized carbons (Fsp3) is 0.368. The Labute approximate surface area is 136 Å². The second-order valence-electron chi connectivity index (χ2n) is 6.00. The molecule has 0 spiro atoms. The van der Waals surface area contributed by atoms with Gasteiger partial charge in [-0.1, -0.05) is 24.6 Å². The van der Waals surface area contributed by atoms with Crippen molar-refractivity contribution in [3.05, 3.63) is 59.9 Å². The Balaban J connectivity index is 1.58. The van der Waals surface area contributed by atoms with Crippen LogP contribution >= 0.6 is 0 Å². The van der Waals surface area contributed by atoms with Gasteiger partial charge in [-0.05, 0) is 49.1 Å². The molecule has 1 fully saturated rings. The van der Waals surface area contributed by atoms with Gasteiger partial charge in [-0.3, -0.25) is 9.78 Å². The van der Waals surface area contributed by atoms with Crippen molar-refractivity contribution in [2.75, 3.05) is 13.7 Å². The summed E-state index contributed by atoms with van der Waals surface area (Å²) in [6.07, 6.45) is 5.44. The van der Waals surface area contributed by atoms with E-state index in [0.29, 0.717) is 6.54 Å². The van der Waals surface area contributed by atoms with Crippen LogP contribution in [0.5, 0.6) is 5.75 Å². The highest BCUT2D eigenvalue weighted by molar-refractivity contribution is 5.88. The Morgan fingerprint density at radius 1 is 1.22 bits per heavy atom. The molecule has 4 nitrogen and oxygen atoms in total. The van der Waals surface area contributed by atoms with E-state index in [0.717, 1.165) is 37.1 Å². The molecule has 1 aliphatic rings. The molecule has 0 atom stereocenters. The molecule has 0 unspecified atom stereocenters. The van der Waals surface area contributed by atoms with Crippen LogP contribution in [0.2, 0.25) is 0 Å². The van der Waals surface area contributed by atoms with Crippen LogP contribution in [-0.2, 0) is 16.6 Å². The highest BCUT2D eigenvalue weighted by atomic mass is 16.5. The Morgan fingerprint density at radius 2 is 2.00 bits per heavy atom. The molecule has 1 aromatic carbocycles. The van der Waals surface area contributed by atoms with Crippen LogP contribution < -0.4 is 10.1 Å². The Kier molecular flexibility index (Phi) is 4.60. The second-order valence-corrected chi connectivity index (χ2v) is 6.00. The number of benzene rings is 1. The molecular weight excluding hydrogens is 288 g/mol. The van der Waals surface area contributed by atoms with Gasteiger partial charge >= 0.3 is 0 Å². The average Bonchev–Trinajstić information content (AvgIpc) is 2.55. The van der Waals surface area contributed by atoms with E-state index in [1.54, 1.807) is 13.3 Å². The molecular formula is C19H22N2O2. The van der Waals surface area contributed by atoms with Gasteiger partial charge in [0, 0.05) is 12.7 Å². The van der Waals surface area contributed by atoms with Crippen molar-refractivity contribution in [3.8, 4) is 5.75 Å². The van der Waals surface area contributed by atoms with Crippen molar-refractivity contribution in [2.24, 2.45) is 0 Å². The molecule has 1 saturated carbocycles. The number of nitrogens with one attached hydrogen (secondary N) is 1. The molecule has 4 heteroatoms. The minimum absolute atomic E-state index is 0.107. The first kappa shape index (κ1) is 15.5. The lowest BCUT2D eigenvalue weighted by Gasteiger charge is -2.39. The standard InChI is InChI=1S/C19H22N2O2/c1-23-16-8-6-15(7-9-16)10-14-21-18(22)19(11-4-12-19)17-5-2-3-13-20-17/h2-3,5-9,13H,4,10-12,14H2,1H3,(H,21,22). The maximum absolute atomic E-state index is 12.7. The molecule has 2 aromatic rings. The summed E-state index contributed by atoms with van der Waals surface area (Å²) < 4.78 is 5.15. The molecule has 0 radical (unpaired) electrons. The van der Waals surface area contributed by atoms with E-state index in [2.05, 4.69) is 10.3 Å². The predicted molar refractivity (Wildman–Crippen MR) is 89.5 cm³/mol. The molecule has 0 saturated heterocycles. The summed E-state index contributed by atoms with van der Waals surface area (Å²) >= 11 is 0. The van der Waals surface area contributed by atoms with Crippen LogP contribution in [0, 0.1) is 0 Å². The zero-order chi connectivity index (χ0) is 16.1. The lowest BCUT2D eigenvalue weighted by Crippen LogP contribution is -2.50. The number of methoxy groups -OCH3 is 1. The number of hydrogen-bond acceptors (Lipinski definition) is 3. The molecule has 1 aromatic heterocycles. The summed E-state index contributed by atoms with van der Waals surface area (Å²) in [6, 6.07) is 13.7. The lowest BCUT2D eigenvalue weighted by atomic mass is 9.65. The molecule has 1 heterocycles. The maximum atomic E-state index is 12.7. The van der Waals surface area contributed by atoms with Crippen molar-refractivity contribution in [1.82, 2.24) is 10.3 Å². The number of carbonyl (C=O) groups is 1. The Hall–Kier alpha value is -2.36. The van der Waals surface area contributed by atoms with Crippen LogP contribution in [-0.4, -0.2) is 24.5 Å². The first-order chi connectivity index (χ1) is 11.2. The fourth-order valence-corrected chi connectivity index (χ4v) is 3.06. The summed E-state index contributed by atoms with van der Waals surface area (Å²) in [5, 5.41) is 3.09. The van der Waals surface area contributed by atoms with Crippen molar-refractivity contribution >= 4 is 5.91 Å². The largest absolute Gasteiger partial charge is 0.497 e. The third-order valence-electron chi connectivity index (χ3n) is 4.66. The first-order valence-corrected chi connectivity index (χ1v) is 8.07. The molecule has 23 heavy (non-hydrogen) atoms. The summed E-state index contributed by atoms with van der Waals surface area (Å²) in [5.41, 5.74) is 1.67. The minimum atomic E-state index is -0.416. The van der Waals surface area contributed by atoms with E-state index < -0.39 is 5.41 Å². The summed E-state index contributed by atoms with van der Waals surface area (Å²) in [7, 11) is 1.66. The van der Waals surface area contributed by atoms with Crippen molar-refractivity contribution < 1.29 is 9.53 Å². The minimum Gasteiger partial charge on any atom is -0.497 e. The molecule has 1 N–H and O–H groups in total. The number of nitrogens with zero attached hydrogens (tertiary/aromatic N) is 1. The molecule has 0 aliphatic heterocycles. The third kappa shape index (κ3) is 3.21. The average molecular weight is 310 g/mol. The number of carbonyl (C=O) groups excluding carboxylic acids is 1. The number of rotatable bonds is 6. The van der Waals surface area contributed by atoms with E-state index in [9.17, 15) is 4.79 Å². The van der Waals surface area contributed by atoms with Gasteiger partial charge < -0.3 is 10.1 Å². The molecule has 1 aliphatic carbocycles. The van der Waals surface area contributed by atoms with Gasteiger partial charge in [0.15, 0.2) is 0 Å². The van der Waals surface area contributed by atoms with Gasteiger partial charge in [-0.15, -0.1) is 0 Å². The normalized spacial score (nSPS) is 15.5. The number of ether oxygens (including phenoxy) is 1. The highest BCUT2D eigenvalue weighted by Gasteiger charge is 2.46. The lowest BCUT2D eigenvalue weighted by molar-refractivity contribution is -0.130. The fourth-order valence-electron chi connectivity index (χ4n) is 3.06. The quantitative estimate of drug-likeness (QED) is 0.892. The van der Waals surface area contributed by atoms with E-state index >= 15 is 0 Å². The van der Waals surface area contributed by atoms with Gasteiger partial charge in [0.05, 0.1) is 18.2 Å². The van der Waals surface area contributed by atoms with Gasteiger partial charge in [0.2, 0.25) is 5.91 Å². The van der Waals surface area contributed by atoms with Gasteiger partial charge in [-0.2, -0.15) is 0 Å². The van der Waals surface area contributed by atoms with Crippen LogP contribution in [0.25, 0.3) is 0 Å². The van der Waals surface area contributed by atoms with Crippen LogP contribution in [0.15, 0.2) is 48.7 Å². The maximum Gasteiger partial charge on any atom is 0.232 e. The van der Waals surface area contributed by atoms with Crippen molar-refractivity contribution in [2.45, 2.75) is 31.1 Å². The number of hydrogen-bond donors (Lipinski definition) is 1. The molecule has 3 rings (SSSR count). The van der Waals surface area contributed by atoms with Gasteiger partial charge in [0.1, 0.15) is 5.75 Å². The summed E-state index contributed by atoms with van der Waals surface area (Å²) in [5.74, 6) is 0.956. The Morgan fingerprint density at radius 3 is 2.57 bits per heavy atom. The Bertz CT molecular complexity index is 649. The monoisotopic (exact) mass is 310 g/mol. The van der Waals surface area contributed by atoms with Crippen molar-refractivity contribution in [1.29, 1.82) is 0 Å². The van der Waals surface area contributed by atoms with E-state index in [-0.39, 0.29) is 5.91 Å². The predicted octanol–water partition coefficient (Wildman–Crippen LogP) is 2.87.